The molecule has 2 atom stereocenters. The highest BCUT2D eigenvalue weighted by Crippen LogP contribution is 2.37. The standard InChI is InChI=1S/C26H27FN2O4S2/c1-26(2,3)34(30)28-25(21-17-19(27)14-15-24(21)33-4)23-16-18-10-8-9-13-22(18)29(23)35(31,32)20-11-6-5-7-12-20/h5-17,25,28H,1-4H3/t25-,34?/m0/s1. The lowest BCUT2D eigenvalue weighted by Crippen LogP contribution is -2.42. The number of para-hydroxylation sites is 1. The van der Waals surface area contributed by atoms with Gasteiger partial charge in [0.2, 0.25) is 0 Å². The molecule has 1 aromatic heterocycles. The van der Waals surface area contributed by atoms with Gasteiger partial charge in [-0.3, -0.25) is 0 Å². The minimum atomic E-state index is -4.06. The number of rotatable bonds is 7. The largest absolute Gasteiger partial charge is 0.598 e. The lowest BCUT2D eigenvalue weighted by atomic mass is 10.0. The first-order chi connectivity index (χ1) is 16.5. The molecule has 6 nitrogen and oxygen atoms in total. The average molecular weight is 515 g/mol. The van der Waals surface area contributed by atoms with Crippen LogP contribution in [-0.2, 0) is 21.4 Å². The zero-order valence-corrected chi connectivity index (χ0v) is 21.5. The summed E-state index contributed by atoms with van der Waals surface area (Å²) in [5, 5.41) is 0.672. The van der Waals surface area contributed by atoms with Gasteiger partial charge in [0.25, 0.3) is 10.0 Å². The Morgan fingerprint density at radius 1 is 1.00 bits per heavy atom. The second-order valence-corrected chi connectivity index (χ2v) is 12.8. The van der Waals surface area contributed by atoms with Crippen LogP contribution in [0.15, 0.2) is 83.8 Å². The summed E-state index contributed by atoms with van der Waals surface area (Å²) in [7, 11) is -2.61. The highest BCUT2D eigenvalue weighted by molar-refractivity contribution is 7.91. The van der Waals surface area contributed by atoms with Crippen molar-refractivity contribution in [1.29, 1.82) is 0 Å². The molecule has 184 valence electrons. The lowest BCUT2D eigenvalue weighted by Gasteiger charge is -2.29. The van der Waals surface area contributed by atoms with E-state index in [-0.39, 0.29) is 10.6 Å². The molecule has 0 spiro atoms. The van der Waals surface area contributed by atoms with E-state index >= 15 is 0 Å². The lowest BCUT2D eigenvalue weighted by molar-refractivity contribution is 0.404. The van der Waals surface area contributed by atoms with Crippen molar-refractivity contribution in [1.82, 2.24) is 8.69 Å². The Balaban J connectivity index is 2.04. The molecule has 1 heterocycles. The minimum Gasteiger partial charge on any atom is -0.598 e. The molecule has 1 N–H and O–H groups in total. The van der Waals surface area contributed by atoms with Crippen LogP contribution in [-0.4, -0.2) is 28.8 Å². The Labute approximate surface area is 208 Å². The third-order valence-electron chi connectivity index (χ3n) is 5.55. The van der Waals surface area contributed by atoms with Gasteiger partial charge in [-0.05, 0) is 63.2 Å². The van der Waals surface area contributed by atoms with Crippen LogP contribution in [0.2, 0.25) is 0 Å². The fraction of sp³-hybridized carbons (Fsp3) is 0.231. The fourth-order valence-corrected chi connectivity index (χ4v) is 6.20. The molecule has 0 aliphatic carbocycles. The van der Waals surface area contributed by atoms with Crippen LogP contribution in [0.4, 0.5) is 4.39 Å². The molecule has 0 aliphatic rings. The van der Waals surface area contributed by atoms with Gasteiger partial charge < -0.3 is 9.29 Å². The SMILES string of the molecule is COc1ccc(F)cc1[C@H](N[S+]([O-])C(C)(C)C)c1cc2ccccc2n1S(=O)(=O)c1ccccc1. The quantitative estimate of drug-likeness (QED) is 0.344. The number of ether oxygens (including phenoxy) is 1. The molecule has 0 radical (unpaired) electrons. The van der Waals surface area contributed by atoms with E-state index in [4.69, 9.17) is 4.74 Å². The number of halogens is 1. The van der Waals surface area contributed by atoms with Crippen molar-refractivity contribution < 1.29 is 22.1 Å². The number of methoxy groups -OCH3 is 1. The highest BCUT2D eigenvalue weighted by Gasteiger charge is 2.36. The number of benzene rings is 3. The van der Waals surface area contributed by atoms with Crippen LogP contribution in [0.5, 0.6) is 5.75 Å². The summed E-state index contributed by atoms with van der Waals surface area (Å²) < 4.78 is 64.7. The molecule has 3 aromatic carbocycles. The predicted octanol–water partition coefficient (Wildman–Crippen LogP) is 5.17. The van der Waals surface area contributed by atoms with Crippen LogP contribution in [0, 0.1) is 5.82 Å². The van der Waals surface area contributed by atoms with Crippen LogP contribution < -0.4 is 9.46 Å². The molecule has 0 fully saturated rings. The van der Waals surface area contributed by atoms with Crippen molar-refractivity contribution in [3.63, 3.8) is 0 Å². The number of nitrogens with one attached hydrogen (secondary N) is 1. The van der Waals surface area contributed by atoms with Crippen molar-refractivity contribution in [2.24, 2.45) is 0 Å². The van der Waals surface area contributed by atoms with Crippen LogP contribution in [0.1, 0.15) is 38.1 Å². The molecular weight excluding hydrogens is 487 g/mol. The summed E-state index contributed by atoms with van der Waals surface area (Å²) in [6, 6.07) is 19.9. The molecule has 0 bridgehead atoms. The van der Waals surface area contributed by atoms with E-state index in [1.807, 2.05) is 6.07 Å². The number of aromatic nitrogens is 1. The van der Waals surface area contributed by atoms with E-state index in [1.54, 1.807) is 63.2 Å². The van der Waals surface area contributed by atoms with Crippen LogP contribution >= 0.6 is 0 Å². The molecule has 1 unspecified atom stereocenters. The van der Waals surface area contributed by atoms with Gasteiger partial charge in [0, 0.05) is 22.3 Å². The van der Waals surface area contributed by atoms with Gasteiger partial charge in [-0.1, -0.05) is 36.4 Å². The molecular formula is C26H27FN2O4S2. The molecule has 0 amide bonds. The second kappa shape index (κ2) is 9.66. The van der Waals surface area contributed by atoms with Crippen molar-refractivity contribution in [2.75, 3.05) is 7.11 Å². The van der Waals surface area contributed by atoms with Gasteiger partial charge in [0.05, 0.1) is 23.2 Å². The maximum absolute atomic E-state index is 14.5. The number of fused-ring (bicyclic) bond motifs is 1. The molecule has 4 aromatic rings. The summed E-state index contributed by atoms with van der Waals surface area (Å²) >= 11 is -1.62. The highest BCUT2D eigenvalue weighted by atomic mass is 32.2. The molecule has 4 rings (SSSR count). The maximum Gasteiger partial charge on any atom is 0.268 e. The van der Waals surface area contributed by atoms with Crippen molar-refractivity contribution >= 4 is 32.3 Å². The number of hydrogen-bond acceptors (Lipinski definition) is 5. The van der Waals surface area contributed by atoms with Crippen LogP contribution in [0.3, 0.4) is 0 Å². The first kappa shape index (κ1) is 25.2. The number of hydrogen-bond donors (Lipinski definition) is 1. The summed E-state index contributed by atoms with van der Waals surface area (Å²) in [6.07, 6.45) is 0. The Bertz CT molecular complexity index is 1450. The summed E-state index contributed by atoms with van der Waals surface area (Å²) in [5.41, 5.74) is 1.07. The smallest absolute Gasteiger partial charge is 0.268 e. The Morgan fingerprint density at radius 2 is 1.66 bits per heavy atom. The topological polar surface area (TPSA) is 83.4 Å². The molecule has 35 heavy (non-hydrogen) atoms. The third kappa shape index (κ3) is 4.95. The monoisotopic (exact) mass is 514 g/mol. The zero-order chi connectivity index (χ0) is 25.4. The first-order valence-corrected chi connectivity index (χ1v) is 13.6. The Hall–Kier alpha value is -2.85. The minimum absolute atomic E-state index is 0.101. The maximum atomic E-state index is 14.5. The van der Waals surface area contributed by atoms with Gasteiger partial charge in [-0.25, -0.2) is 16.8 Å². The number of nitrogens with zero attached hydrogens (tertiary/aromatic N) is 1. The molecule has 0 aliphatic heterocycles. The van der Waals surface area contributed by atoms with E-state index in [1.165, 1.54) is 41.4 Å². The summed E-state index contributed by atoms with van der Waals surface area (Å²) in [4.78, 5) is 0.101. The van der Waals surface area contributed by atoms with Gasteiger partial charge in [-0.15, -0.1) is 4.72 Å². The molecule has 0 saturated heterocycles. The van der Waals surface area contributed by atoms with E-state index in [9.17, 15) is 17.4 Å². The second-order valence-electron chi connectivity index (χ2n) is 9.03. The Kier molecular flexibility index (Phi) is 6.97. The van der Waals surface area contributed by atoms with Gasteiger partial charge in [0.1, 0.15) is 22.4 Å². The molecule has 0 saturated carbocycles. The fourth-order valence-electron chi connectivity index (χ4n) is 3.82. The van der Waals surface area contributed by atoms with E-state index in [0.29, 0.717) is 22.2 Å². The van der Waals surface area contributed by atoms with Crippen molar-refractivity contribution in [2.45, 2.75) is 36.5 Å². The van der Waals surface area contributed by atoms with Crippen molar-refractivity contribution in [3.8, 4) is 5.75 Å². The normalized spacial score (nSPS) is 14.1. The van der Waals surface area contributed by atoms with Crippen LogP contribution in [0.25, 0.3) is 10.9 Å². The van der Waals surface area contributed by atoms with Gasteiger partial charge >= 0.3 is 0 Å². The molecule has 9 heteroatoms. The zero-order valence-electron chi connectivity index (χ0n) is 19.9. The van der Waals surface area contributed by atoms with E-state index < -0.39 is 38.0 Å². The summed E-state index contributed by atoms with van der Waals surface area (Å²) in [5.74, 6) is -0.188. The first-order valence-electron chi connectivity index (χ1n) is 11.0. The predicted molar refractivity (Wildman–Crippen MR) is 137 cm³/mol. The Morgan fingerprint density at radius 3 is 2.31 bits per heavy atom. The summed E-state index contributed by atoms with van der Waals surface area (Å²) in [6.45, 7) is 5.39. The third-order valence-corrected chi connectivity index (χ3v) is 8.87. The van der Waals surface area contributed by atoms with Gasteiger partial charge in [-0.2, -0.15) is 0 Å². The van der Waals surface area contributed by atoms with Gasteiger partial charge in [0.15, 0.2) is 0 Å². The van der Waals surface area contributed by atoms with Crippen molar-refractivity contribution in [3.05, 3.63) is 95.9 Å². The van der Waals surface area contributed by atoms with E-state index in [0.717, 1.165) is 0 Å². The van der Waals surface area contributed by atoms with E-state index in [2.05, 4.69) is 4.72 Å². The average Bonchev–Trinajstić information content (AvgIpc) is 3.22.